The predicted molar refractivity (Wildman–Crippen MR) is 92.7 cm³/mol. The molecule has 0 bridgehead atoms. The topological polar surface area (TPSA) is 69.0 Å². The largest absolute Gasteiger partial charge is 0.494 e. The zero-order chi connectivity index (χ0) is 17.5. The number of amides is 1. The number of nitrogens with one attached hydrogen (secondary N) is 1. The molecule has 6 nitrogen and oxygen atoms in total. The van der Waals surface area contributed by atoms with Crippen LogP contribution in [0.25, 0.3) is 0 Å². The zero-order valence-electron chi connectivity index (χ0n) is 14.8. The van der Waals surface area contributed by atoms with Crippen LogP contribution in [0.1, 0.15) is 51.8 Å². The van der Waals surface area contributed by atoms with Gasteiger partial charge in [0.15, 0.2) is 0 Å². The third-order valence-electron chi connectivity index (χ3n) is 3.92. The number of nitrogens with zero attached hydrogens (tertiary/aromatic N) is 3. The fourth-order valence-corrected chi connectivity index (χ4v) is 2.22. The van der Waals surface area contributed by atoms with Gasteiger partial charge in [-0.1, -0.05) is 26.0 Å². The first-order valence-electron chi connectivity index (χ1n) is 8.34. The number of carbonyl (C=O) groups is 1. The standard InChI is InChI=1S/C18H26N4O2/c1-13(2)9-10-24-17-7-5-16(6-8-17)14(3)21-18(23)15(4)22-12-19-11-20-22/h5-8,11-15H,9-10H2,1-4H3,(H,21,23)/t14-,15-/m1/s1. The quantitative estimate of drug-likeness (QED) is 0.807. The van der Waals surface area contributed by atoms with Crippen molar-refractivity contribution >= 4 is 5.91 Å². The number of ether oxygens (including phenoxy) is 1. The smallest absolute Gasteiger partial charge is 0.245 e. The Morgan fingerprint density at radius 1 is 1.21 bits per heavy atom. The van der Waals surface area contributed by atoms with E-state index in [0.29, 0.717) is 5.92 Å². The average Bonchev–Trinajstić information content (AvgIpc) is 3.08. The lowest BCUT2D eigenvalue weighted by molar-refractivity contribution is -0.124. The second-order valence-corrected chi connectivity index (χ2v) is 6.38. The van der Waals surface area contributed by atoms with Crippen molar-refractivity contribution in [1.29, 1.82) is 0 Å². The summed E-state index contributed by atoms with van der Waals surface area (Å²) in [4.78, 5) is 16.1. The highest BCUT2D eigenvalue weighted by Crippen LogP contribution is 2.19. The monoisotopic (exact) mass is 330 g/mol. The minimum atomic E-state index is -0.395. The Morgan fingerprint density at radius 3 is 2.50 bits per heavy atom. The molecular weight excluding hydrogens is 304 g/mol. The van der Waals surface area contributed by atoms with Crippen LogP contribution in [0.5, 0.6) is 5.75 Å². The highest BCUT2D eigenvalue weighted by molar-refractivity contribution is 5.80. The van der Waals surface area contributed by atoms with E-state index in [0.717, 1.165) is 24.3 Å². The molecule has 1 aromatic carbocycles. The van der Waals surface area contributed by atoms with Crippen molar-refractivity contribution in [2.45, 2.75) is 46.2 Å². The lowest BCUT2D eigenvalue weighted by atomic mass is 10.1. The van der Waals surface area contributed by atoms with E-state index in [1.54, 1.807) is 6.92 Å². The van der Waals surface area contributed by atoms with Crippen LogP contribution in [0.4, 0.5) is 0 Å². The van der Waals surface area contributed by atoms with E-state index in [1.165, 1.54) is 17.3 Å². The van der Waals surface area contributed by atoms with E-state index in [1.807, 2.05) is 31.2 Å². The minimum absolute atomic E-state index is 0.0896. The van der Waals surface area contributed by atoms with Gasteiger partial charge >= 0.3 is 0 Å². The second kappa shape index (κ2) is 8.47. The molecule has 2 aromatic rings. The maximum absolute atomic E-state index is 12.3. The van der Waals surface area contributed by atoms with Crippen molar-refractivity contribution < 1.29 is 9.53 Å². The lowest BCUT2D eigenvalue weighted by Crippen LogP contribution is -2.33. The molecule has 0 aliphatic heterocycles. The molecule has 6 heteroatoms. The van der Waals surface area contributed by atoms with Gasteiger partial charge in [0.1, 0.15) is 24.4 Å². The molecule has 0 saturated carbocycles. The molecular formula is C18H26N4O2. The lowest BCUT2D eigenvalue weighted by Gasteiger charge is -2.18. The van der Waals surface area contributed by atoms with Crippen LogP contribution in [0.15, 0.2) is 36.9 Å². The Labute approximate surface area is 143 Å². The van der Waals surface area contributed by atoms with Gasteiger partial charge < -0.3 is 10.1 Å². The van der Waals surface area contributed by atoms with E-state index in [9.17, 15) is 4.79 Å². The molecule has 24 heavy (non-hydrogen) atoms. The molecule has 0 aliphatic rings. The fourth-order valence-electron chi connectivity index (χ4n) is 2.22. The number of benzene rings is 1. The normalized spacial score (nSPS) is 13.5. The summed E-state index contributed by atoms with van der Waals surface area (Å²) in [6.45, 7) is 8.83. The van der Waals surface area contributed by atoms with Crippen molar-refractivity contribution in [3.8, 4) is 5.75 Å². The minimum Gasteiger partial charge on any atom is -0.494 e. The van der Waals surface area contributed by atoms with Gasteiger partial charge in [-0.25, -0.2) is 9.67 Å². The first kappa shape index (κ1) is 18.0. The maximum atomic E-state index is 12.3. The van der Waals surface area contributed by atoms with Crippen LogP contribution < -0.4 is 10.1 Å². The average molecular weight is 330 g/mol. The van der Waals surface area contributed by atoms with Crippen molar-refractivity contribution in [2.24, 2.45) is 5.92 Å². The maximum Gasteiger partial charge on any atom is 0.245 e. The van der Waals surface area contributed by atoms with Crippen LogP contribution in [0.2, 0.25) is 0 Å². The first-order valence-corrected chi connectivity index (χ1v) is 8.34. The highest BCUT2D eigenvalue weighted by atomic mass is 16.5. The number of carbonyl (C=O) groups excluding carboxylic acids is 1. The molecule has 1 aromatic heterocycles. The summed E-state index contributed by atoms with van der Waals surface area (Å²) >= 11 is 0. The van der Waals surface area contributed by atoms with Crippen LogP contribution >= 0.6 is 0 Å². The molecule has 0 saturated heterocycles. The first-order chi connectivity index (χ1) is 11.5. The summed E-state index contributed by atoms with van der Waals surface area (Å²) in [5, 5.41) is 6.99. The van der Waals surface area contributed by atoms with Gasteiger partial charge in [-0.3, -0.25) is 4.79 Å². The number of aromatic nitrogens is 3. The molecule has 1 N–H and O–H groups in total. The van der Waals surface area contributed by atoms with E-state index in [4.69, 9.17) is 4.74 Å². The molecule has 2 rings (SSSR count). The summed E-state index contributed by atoms with van der Waals surface area (Å²) in [5.74, 6) is 1.39. The van der Waals surface area contributed by atoms with E-state index in [2.05, 4.69) is 29.2 Å². The molecule has 1 heterocycles. The number of hydrogen-bond acceptors (Lipinski definition) is 4. The summed E-state index contributed by atoms with van der Waals surface area (Å²) in [6, 6.07) is 7.37. The van der Waals surface area contributed by atoms with Gasteiger partial charge in [-0.2, -0.15) is 5.10 Å². The van der Waals surface area contributed by atoms with E-state index < -0.39 is 6.04 Å². The molecule has 1 amide bonds. The van der Waals surface area contributed by atoms with Crippen LogP contribution in [-0.4, -0.2) is 27.3 Å². The SMILES string of the molecule is CC(C)CCOc1ccc([C@@H](C)NC(=O)[C@@H](C)n2cncn2)cc1. The fraction of sp³-hybridized carbons (Fsp3) is 0.500. The summed E-state index contributed by atoms with van der Waals surface area (Å²) < 4.78 is 7.25. The Morgan fingerprint density at radius 2 is 1.92 bits per heavy atom. The van der Waals surface area contributed by atoms with E-state index in [-0.39, 0.29) is 11.9 Å². The molecule has 0 spiro atoms. The molecule has 0 radical (unpaired) electrons. The van der Waals surface area contributed by atoms with E-state index >= 15 is 0 Å². The molecule has 130 valence electrons. The van der Waals surface area contributed by atoms with Crippen molar-refractivity contribution in [2.75, 3.05) is 6.61 Å². The number of hydrogen-bond donors (Lipinski definition) is 1. The van der Waals surface area contributed by atoms with Gasteiger partial charge in [-0.15, -0.1) is 0 Å². The van der Waals surface area contributed by atoms with Gasteiger partial charge in [0.05, 0.1) is 12.6 Å². The van der Waals surface area contributed by atoms with Crippen LogP contribution in [0, 0.1) is 5.92 Å². The third kappa shape index (κ3) is 5.08. The number of rotatable bonds is 8. The Kier molecular flexibility index (Phi) is 6.35. The summed E-state index contributed by atoms with van der Waals surface area (Å²) in [7, 11) is 0. The van der Waals surface area contributed by atoms with Crippen molar-refractivity contribution in [1.82, 2.24) is 20.1 Å². The Bertz CT molecular complexity index is 623. The predicted octanol–water partition coefficient (Wildman–Crippen LogP) is 3.14. The Balaban J connectivity index is 1.87. The zero-order valence-corrected chi connectivity index (χ0v) is 14.8. The highest BCUT2D eigenvalue weighted by Gasteiger charge is 2.18. The molecule has 0 fully saturated rings. The molecule has 0 unspecified atom stereocenters. The van der Waals surface area contributed by atoms with Crippen molar-refractivity contribution in [3.05, 3.63) is 42.5 Å². The van der Waals surface area contributed by atoms with Gasteiger partial charge in [0.2, 0.25) is 5.91 Å². The van der Waals surface area contributed by atoms with Gasteiger partial charge in [-0.05, 0) is 43.9 Å². The van der Waals surface area contributed by atoms with Crippen molar-refractivity contribution in [3.63, 3.8) is 0 Å². The van der Waals surface area contributed by atoms with Crippen LogP contribution in [-0.2, 0) is 4.79 Å². The summed E-state index contributed by atoms with van der Waals surface area (Å²) in [5.41, 5.74) is 1.03. The Hall–Kier alpha value is -2.37. The molecule has 0 aliphatic carbocycles. The third-order valence-corrected chi connectivity index (χ3v) is 3.92. The van der Waals surface area contributed by atoms with Gasteiger partial charge in [0, 0.05) is 0 Å². The summed E-state index contributed by atoms with van der Waals surface area (Å²) in [6.07, 6.45) is 4.00. The second-order valence-electron chi connectivity index (χ2n) is 6.38. The molecule has 2 atom stereocenters. The van der Waals surface area contributed by atoms with Gasteiger partial charge in [0.25, 0.3) is 0 Å². The van der Waals surface area contributed by atoms with Crippen LogP contribution in [0.3, 0.4) is 0 Å².